The van der Waals surface area contributed by atoms with E-state index in [0.29, 0.717) is 39.2 Å². The molecule has 0 aliphatic carbocycles. The molecule has 472 valence electrons. The van der Waals surface area contributed by atoms with E-state index < -0.39 is 29.9 Å². The Kier molecular flexibility index (Phi) is 32.0. The number of carbonyl (C=O) groups excluding carboxylic acids is 6. The van der Waals surface area contributed by atoms with Gasteiger partial charge < -0.3 is 67.0 Å². The van der Waals surface area contributed by atoms with Gasteiger partial charge >= 0.3 is 36.1 Å². The van der Waals surface area contributed by atoms with Gasteiger partial charge in [0, 0.05) is 58.3 Å². The van der Waals surface area contributed by atoms with Gasteiger partial charge in [-0.15, -0.1) is 0 Å². The van der Waals surface area contributed by atoms with Crippen LogP contribution in [0, 0.1) is 35.5 Å². The molecule has 86 heavy (non-hydrogen) atoms. The first-order valence-corrected chi connectivity index (χ1v) is 29.2. The van der Waals surface area contributed by atoms with Crippen LogP contribution in [0.4, 0.5) is 9.59 Å². The summed E-state index contributed by atoms with van der Waals surface area (Å²) in [5, 5.41) is 8.76. The van der Waals surface area contributed by atoms with Crippen molar-refractivity contribution in [3.05, 3.63) is 155 Å². The maximum atomic E-state index is 13.0. The number of aliphatic hydroxyl groups is 1. The van der Waals surface area contributed by atoms with Gasteiger partial charge in [-0.3, -0.25) is 9.59 Å². The molecule has 4 aromatic rings. The average Bonchev–Trinajstić information content (AvgIpc) is 3.60. The summed E-state index contributed by atoms with van der Waals surface area (Å²) in [7, 11) is 2.62. The molecule has 20 heteroatoms. The molecule has 1 saturated heterocycles. The molecule has 0 bridgehead atoms. The Labute approximate surface area is 507 Å². The van der Waals surface area contributed by atoms with Crippen molar-refractivity contribution in [2.75, 3.05) is 80.2 Å². The van der Waals surface area contributed by atoms with Crippen LogP contribution < -0.4 is 0 Å². The smallest absolute Gasteiger partial charge is 0.410 e. The van der Waals surface area contributed by atoms with Crippen LogP contribution in [-0.4, -0.2) is 149 Å². The predicted octanol–water partition coefficient (Wildman–Crippen LogP) is 9.74. The Morgan fingerprint density at radius 3 is 1.44 bits per heavy atom. The molecule has 9 atom stereocenters. The fraction of sp³-hybridized carbons (Fsp3) is 0.515. The van der Waals surface area contributed by atoms with E-state index in [-0.39, 0.29) is 125 Å². The number of hydrogen-bond donors (Lipinski definition) is 1. The Hall–Kier alpha value is -7.36. The van der Waals surface area contributed by atoms with E-state index in [4.69, 9.17) is 52.5 Å². The van der Waals surface area contributed by atoms with Crippen LogP contribution in [-0.2, 0) is 97.6 Å². The van der Waals surface area contributed by atoms with Crippen LogP contribution in [0.25, 0.3) is 0 Å². The summed E-state index contributed by atoms with van der Waals surface area (Å²) in [5.41, 5.74) is 3.84. The molecule has 1 fully saturated rings. The molecule has 1 N–H and O–H groups in total. The van der Waals surface area contributed by atoms with Gasteiger partial charge in [-0.25, -0.2) is 19.2 Å². The summed E-state index contributed by atoms with van der Waals surface area (Å²) in [6.07, 6.45) is 0.714. The number of methoxy groups -OCH3 is 2. The van der Waals surface area contributed by atoms with Crippen LogP contribution >= 0.6 is 0 Å². The van der Waals surface area contributed by atoms with E-state index in [1.165, 1.54) is 28.1 Å². The van der Waals surface area contributed by atoms with Crippen molar-refractivity contribution >= 4 is 36.1 Å². The monoisotopic (exact) mass is 1200 g/mol. The van der Waals surface area contributed by atoms with E-state index >= 15 is 0 Å². The van der Waals surface area contributed by atoms with Crippen molar-refractivity contribution in [2.45, 2.75) is 106 Å². The maximum Gasteiger partial charge on any atom is 0.410 e. The standard InChI is InChI=1S/C33H45NO9.C19H23NO4.C14H22O5/c1-24-20-33(31(36)38-5,43-30(26(24)3)25(2)22-40-27(4)35)42-19-18-39-17-16-34(21-28-12-8-6-9-13-28)32(37)41-23-29-14-10-7-11-15-29;21-12-14-23-13-11-20(15-17-7-3-1-4-8-17)19(22)24-16-18-9-5-2-6-10-18;1-8-6-12(14(16)17-5)19-13(10(8)3)9(2)7-18-11(4)15/h6-15,24-26,30H,16-23H2,1-5H3;1-10,21H,11-16H2;6,8-10,13H,7H2,1-5H3/t24?,25-,26-,30?,33-;;8?,9-,10-,13?/m1.1/s1. The normalized spacial score (nSPS) is 20.2. The number of ether oxygens (including phenoxy) is 11. The van der Waals surface area contributed by atoms with E-state index in [2.05, 4.69) is 18.6 Å². The summed E-state index contributed by atoms with van der Waals surface area (Å²) in [6, 6.07) is 38.5. The number of hydrogen-bond acceptors (Lipinski definition) is 18. The van der Waals surface area contributed by atoms with Crippen molar-refractivity contribution in [2.24, 2.45) is 35.5 Å². The Balaban J connectivity index is 0.000000309. The number of allylic oxidation sites excluding steroid dienone is 1. The molecule has 0 radical (unpaired) electrons. The average molecular weight is 1200 g/mol. The fourth-order valence-corrected chi connectivity index (χ4v) is 9.49. The van der Waals surface area contributed by atoms with Crippen LogP contribution in [0.3, 0.4) is 0 Å². The molecule has 2 amide bonds. The first-order valence-electron chi connectivity index (χ1n) is 29.2. The number of nitrogens with zero attached hydrogens (tertiary/aromatic N) is 2. The fourth-order valence-electron chi connectivity index (χ4n) is 9.49. The second-order valence-corrected chi connectivity index (χ2v) is 21.4. The summed E-state index contributed by atoms with van der Waals surface area (Å²) in [4.78, 5) is 75.2. The van der Waals surface area contributed by atoms with E-state index in [9.17, 15) is 28.8 Å². The summed E-state index contributed by atoms with van der Waals surface area (Å²) in [5.74, 6) is -2.67. The number of rotatable bonds is 28. The number of aliphatic hydroxyl groups excluding tert-OH is 1. The van der Waals surface area contributed by atoms with Gasteiger partial charge in [-0.1, -0.05) is 163 Å². The second-order valence-electron chi connectivity index (χ2n) is 21.4. The highest BCUT2D eigenvalue weighted by molar-refractivity contribution is 5.86. The topological polar surface area (TPSA) is 231 Å². The maximum absolute atomic E-state index is 13.0. The molecule has 6 rings (SSSR count). The summed E-state index contributed by atoms with van der Waals surface area (Å²) in [6.45, 7) is 18.2. The Morgan fingerprint density at radius 1 is 0.570 bits per heavy atom. The van der Waals surface area contributed by atoms with Gasteiger partial charge in [0.25, 0.3) is 5.79 Å². The first-order chi connectivity index (χ1) is 41.3. The third-order valence-corrected chi connectivity index (χ3v) is 14.6. The summed E-state index contributed by atoms with van der Waals surface area (Å²) >= 11 is 0. The van der Waals surface area contributed by atoms with Crippen molar-refractivity contribution < 1.29 is 86.0 Å². The third-order valence-electron chi connectivity index (χ3n) is 14.6. The van der Waals surface area contributed by atoms with Crippen molar-refractivity contribution in [3.8, 4) is 0 Å². The quantitative estimate of drug-likeness (QED) is 0.0317. The minimum absolute atomic E-state index is 0.00899. The van der Waals surface area contributed by atoms with Gasteiger partial charge in [0.15, 0.2) is 0 Å². The summed E-state index contributed by atoms with van der Waals surface area (Å²) < 4.78 is 60.1. The number of amides is 2. The molecule has 0 saturated carbocycles. The van der Waals surface area contributed by atoms with E-state index in [1.54, 1.807) is 15.9 Å². The second kappa shape index (κ2) is 38.6. The van der Waals surface area contributed by atoms with Gasteiger partial charge in [0.2, 0.25) is 5.76 Å². The Bertz CT molecular complexity index is 2650. The minimum atomic E-state index is -1.60. The van der Waals surface area contributed by atoms with Crippen molar-refractivity contribution in [1.29, 1.82) is 0 Å². The van der Waals surface area contributed by atoms with Gasteiger partial charge in [0.05, 0.1) is 73.2 Å². The highest BCUT2D eigenvalue weighted by Crippen LogP contribution is 2.41. The largest absolute Gasteiger partial charge is 0.483 e. The minimum Gasteiger partial charge on any atom is -0.483 e. The molecule has 2 heterocycles. The molecular weight excluding hydrogens is 1110 g/mol. The van der Waals surface area contributed by atoms with Crippen LogP contribution in [0.15, 0.2) is 133 Å². The number of carbonyl (C=O) groups is 6. The van der Waals surface area contributed by atoms with Gasteiger partial charge in [0.1, 0.15) is 19.3 Å². The number of esters is 4. The lowest BCUT2D eigenvalue weighted by atomic mass is 9.78. The van der Waals surface area contributed by atoms with E-state index in [0.717, 1.165) is 22.3 Å². The molecule has 0 aromatic heterocycles. The van der Waals surface area contributed by atoms with Crippen molar-refractivity contribution in [1.82, 2.24) is 9.80 Å². The molecule has 4 aromatic carbocycles. The number of benzene rings is 4. The first kappa shape index (κ1) is 71.1. The van der Waals surface area contributed by atoms with Gasteiger partial charge in [-0.05, 0) is 52.0 Å². The molecule has 2 aliphatic rings. The third kappa shape index (κ3) is 24.9. The molecule has 0 spiro atoms. The molecule has 2 aliphatic heterocycles. The Morgan fingerprint density at radius 2 is 1.01 bits per heavy atom. The zero-order chi connectivity index (χ0) is 62.9. The SMILES string of the molecule is COC(=O)C1=CC(C)[C@@H](C)C([C@H](C)COC(C)=O)O1.COC(=O)[C@@]1(OCCOCCN(Cc2ccccc2)C(=O)OCc2ccccc2)CC(C)[C@@H](C)C([C@H](C)COC(C)=O)O1.O=C(OCc1ccccc1)N(CCOCCO)Cc1ccccc1. The van der Waals surface area contributed by atoms with Crippen LogP contribution in [0.1, 0.15) is 84.1 Å². The molecular formula is C66H90N2O18. The lowest BCUT2D eigenvalue weighted by molar-refractivity contribution is -0.305. The predicted molar refractivity (Wildman–Crippen MR) is 319 cm³/mol. The molecule has 4 unspecified atom stereocenters. The zero-order valence-electron chi connectivity index (χ0n) is 51.6. The van der Waals surface area contributed by atoms with Crippen molar-refractivity contribution in [3.63, 3.8) is 0 Å². The van der Waals surface area contributed by atoms with E-state index in [1.807, 2.05) is 149 Å². The highest BCUT2D eigenvalue weighted by Gasteiger charge is 2.52. The lowest BCUT2D eigenvalue weighted by Crippen LogP contribution is -2.57. The van der Waals surface area contributed by atoms with Crippen LogP contribution in [0.2, 0.25) is 0 Å². The zero-order valence-corrected chi connectivity index (χ0v) is 51.6. The van der Waals surface area contributed by atoms with Crippen LogP contribution in [0.5, 0.6) is 0 Å². The van der Waals surface area contributed by atoms with Gasteiger partial charge in [-0.2, -0.15) is 0 Å². The molecule has 20 nitrogen and oxygen atoms in total. The lowest BCUT2D eigenvalue weighted by Gasteiger charge is -2.46. The highest BCUT2D eigenvalue weighted by atomic mass is 16.7.